The highest BCUT2D eigenvalue weighted by molar-refractivity contribution is 4.80. The van der Waals surface area contributed by atoms with Gasteiger partial charge >= 0.3 is 0 Å². The summed E-state index contributed by atoms with van der Waals surface area (Å²) >= 11 is 0. The van der Waals surface area contributed by atoms with Crippen molar-refractivity contribution in [2.45, 2.75) is 72.1 Å². The number of hydrogen-bond acceptors (Lipinski definition) is 3. The Hall–Kier alpha value is -0.120. The van der Waals surface area contributed by atoms with E-state index in [2.05, 4.69) is 39.5 Å². The molecule has 0 aromatic carbocycles. The van der Waals surface area contributed by atoms with Gasteiger partial charge in [0.1, 0.15) is 0 Å². The summed E-state index contributed by atoms with van der Waals surface area (Å²) in [4.78, 5) is 2.57. The Morgan fingerprint density at radius 3 is 2.61 bits per heavy atom. The van der Waals surface area contributed by atoms with Gasteiger partial charge in [-0.25, -0.2) is 0 Å². The van der Waals surface area contributed by atoms with Crippen LogP contribution in [0.15, 0.2) is 0 Å². The van der Waals surface area contributed by atoms with Crippen LogP contribution in [0.25, 0.3) is 0 Å². The maximum atomic E-state index is 6.24. The van der Waals surface area contributed by atoms with E-state index in [0.717, 1.165) is 32.5 Å². The maximum Gasteiger partial charge on any atom is 0.0674 e. The van der Waals surface area contributed by atoms with Crippen molar-refractivity contribution in [3.05, 3.63) is 0 Å². The van der Waals surface area contributed by atoms with Crippen molar-refractivity contribution in [3.63, 3.8) is 0 Å². The van der Waals surface area contributed by atoms with Crippen molar-refractivity contribution in [1.82, 2.24) is 4.90 Å². The van der Waals surface area contributed by atoms with Crippen molar-refractivity contribution < 1.29 is 4.74 Å². The van der Waals surface area contributed by atoms with E-state index >= 15 is 0 Å². The van der Waals surface area contributed by atoms with Crippen LogP contribution in [0.5, 0.6) is 0 Å². The summed E-state index contributed by atoms with van der Waals surface area (Å²) in [6, 6.07) is 0.906. The van der Waals surface area contributed by atoms with E-state index in [1.807, 2.05) is 0 Å². The lowest BCUT2D eigenvalue weighted by Gasteiger charge is -2.39. The molecule has 108 valence electrons. The highest BCUT2D eigenvalue weighted by atomic mass is 16.5. The molecule has 3 nitrogen and oxygen atoms in total. The van der Waals surface area contributed by atoms with Gasteiger partial charge in [0.25, 0.3) is 0 Å². The van der Waals surface area contributed by atoms with E-state index in [1.54, 1.807) is 0 Å². The summed E-state index contributed by atoms with van der Waals surface area (Å²) in [5, 5.41) is 0. The SMILES string of the molecule is CCC1COC(C)CN1CCC(N)CC(C)(C)C. The lowest BCUT2D eigenvalue weighted by Crippen LogP contribution is -2.49. The molecule has 0 spiro atoms. The first-order chi connectivity index (χ1) is 8.31. The maximum absolute atomic E-state index is 6.24. The smallest absolute Gasteiger partial charge is 0.0674 e. The normalized spacial score (nSPS) is 28.3. The van der Waals surface area contributed by atoms with E-state index in [1.165, 1.54) is 6.42 Å². The largest absolute Gasteiger partial charge is 0.376 e. The minimum absolute atomic E-state index is 0.320. The summed E-state index contributed by atoms with van der Waals surface area (Å²) < 4.78 is 5.73. The molecule has 1 rings (SSSR count). The minimum Gasteiger partial charge on any atom is -0.376 e. The first kappa shape index (κ1) is 15.9. The average Bonchev–Trinajstić information content (AvgIpc) is 2.24. The Bertz CT molecular complexity index is 237. The van der Waals surface area contributed by atoms with Gasteiger partial charge in [-0.3, -0.25) is 4.90 Å². The van der Waals surface area contributed by atoms with E-state index in [-0.39, 0.29) is 0 Å². The summed E-state index contributed by atoms with van der Waals surface area (Å²) in [6.45, 7) is 14.2. The monoisotopic (exact) mass is 256 g/mol. The molecular formula is C15H32N2O. The van der Waals surface area contributed by atoms with Gasteiger partial charge in [-0.15, -0.1) is 0 Å². The highest BCUT2D eigenvalue weighted by Gasteiger charge is 2.26. The Morgan fingerprint density at radius 1 is 1.39 bits per heavy atom. The molecule has 1 saturated heterocycles. The molecule has 0 radical (unpaired) electrons. The van der Waals surface area contributed by atoms with Crippen LogP contribution in [-0.2, 0) is 4.74 Å². The van der Waals surface area contributed by atoms with Crippen molar-refractivity contribution in [2.75, 3.05) is 19.7 Å². The minimum atomic E-state index is 0.320. The molecule has 3 unspecified atom stereocenters. The number of rotatable bonds is 5. The van der Waals surface area contributed by atoms with Crippen LogP contribution in [-0.4, -0.2) is 42.8 Å². The Balaban J connectivity index is 2.35. The van der Waals surface area contributed by atoms with Gasteiger partial charge in [-0.1, -0.05) is 27.7 Å². The van der Waals surface area contributed by atoms with E-state index in [9.17, 15) is 0 Å². The predicted octanol–water partition coefficient (Wildman–Crippen LogP) is 2.64. The number of morpholine rings is 1. The van der Waals surface area contributed by atoms with Crippen molar-refractivity contribution in [1.29, 1.82) is 0 Å². The molecule has 0 aromatic heterocycles. The van der Waals surface area contributed by atoms with E-state index < -0.39 is 0 Å². The van der Waals surface area contributed by atoms with Crippen molar-refractivity contribution >= 4 is 0 Å². The van der Waals surface area contributed by atoms with Crippen LogP contribution in [0.3, 0.4) is 0 Å². The molecule has 0 aromatic rings. The lowest BCUT2D eigenvalue weighted by molar-refractivity contribution is -0.0566. The number of nitrogens with zero attached hydrogens (tertiary/aromatic N) is 1. The molecule has 1 fully saturated rings. The Kier molecular flexibility index (Phi) is 6.09. The molecule has 2 N–H and O–H groups in total. The lowest BCUT2D eigenvalue weighted by atomic mass is 9.87. The van der Waals surface area contributed by atoms with E-state index in [0.29, 0.717) is 23.6 Å². The number of hydrogen-bond donors (Lipinski definition) is 1. The zero-order chi connectivity index (χ0) is 13.8. The summed E-state index contributed by atoms with van der Waals surface area (Å²) in [7, 11) is 0. The first-order valence-electron chi connectivity index (χ1n) is 7.43. The molecule has 0 amide bonds. The van der Waals surface area contributed by atoms with Crippen LogP contribution < -0.4 is 5.73 Å². The van der Waals surface area contributed by atoms with Crippen molar-refractivity contribution in [2.24, 2.45) is 11.1 Å². The standard InChI is InChI=1S/C15H32N2O/c1-6-14-11-18-12(2)10-17(14)8-7-13(16)9-15(3,4)5/h12-14H,6-11,16H2,1-5H3. The van der Waals surface area contributed by atoms with E-state index in [4.69, 9.17) is 10.5 Å². The fourth-order valence-electron chi connectivity index (χ4n) is 2.78. The topological polar surface area (TPSA) is 38.5 Å². The Labute approximate surface area is 113 Å². The number of nitrogens with two attached hydrogens (primary N) is 1. The van der Waals surface area contributed by atoms with Crippen LogP contribution >= 0.6 is 0 Å². The quantitative estimate of drug-likeness (QED) is 0.822. The van der Waals surface area contributed by atoms with Gasteiger partial charge in [-0.05, 0) is 31.6 Å². The zero-order valence-corrected chi connectivity index (χ0v) is 12.9. The molecule has 0 bridgehead atoms. The highest BCUT2D eigenvalue weighted by Crippen LogP contribution is 2.22. The van der Waals surface area contributed by atoms with Gasteiger partial charge in [0.2, 0.25) is 0 Å². The molecule has 3 atom stereocenters. The second kappa shape index (κ2) is 6.88. The van der Waals surface area contributed by atoms with Crippen LogP contribution in [0.1, 0.15) is 53.9 Å². The van der Waals surface area contributed by atoms with Crippen molar-refractivity contribution in [3.8, 4) is 0 Å². The first-order valence-corrected chi connectivity index (χ1v) is 7.43. The molecule has 0 aliphatic carbocycles. The summed E-state index contributed by atoms with van der Waals surface area (Å²) in [6.07, 6.45) is 3.73. The van der Waals surface area contributed by atoms with Crippen LogP contribution in [0.2, 0.25) is 0 Å². The third-order valence-electron chi connectivity index (χ3n) is 3.71. The summed E-state index contributed by atoms with van der Waals surface area (Å²) in [5.74, 6) is 0. The molecule has 0 saturated carbocycles. The van der Waals surface area contributed by atoms with Gasteiger partial charge in [0, 0.05) is 25.2 Å². The predicted molar refractivity (Wildman–Crippen MR) is 77.7 cm³/mol. The van der Waals surface area contributed by atoms with Crippen LogP contribution in [0.4, 0.5) is 0 Å². The second-order valence-corrected chi connectivity index (χ2v) is 7.01. The fraction of sp³-hybridized carbons (Fsp3) is 1.00. The molecule has 1 heterocycles. The fourth-order valence-corrected chi connectivity index (χ4v) is 2.78. The third-order valence-corrected chi connectivity index (χ3v) is 3.71. The zero-order valence-electron chi connectivity index (χ0n) is 12.9. The summed E-state index contributed by atoms with van der Waals surface area (Å²) in [5.41, 5.74) is 6.58. The molecule has 1 aliphatic rings. The molecule has 1 aliphatic heterocycles. The molecule has 18 heavy (non-hydrogen) atoms. The van der Waals surface area contributed by atoms with Gasteiger partial charge < -0.3 is 10.5 Å². The van der Waals surface area contributed by atoms with Gasteiger partial charge in [0.05, 0.1) is 12.7 Å². The van der Waals surface area contributed by atoms with Crippen LogP contribution in [0, 0.1) is 5.41 Å². The molecule has 3 heteroatoms. The molecular weight excluding hydrogens is 224 g/mol. The number of ether oxygens (including phenoxy) is 1. The van der Waals surface area contributed by atoms with Gasteiger partial charge in [-0.2, -0.15) is 0 Å². The second-order valence-electron chi connectivity index (χ2n) is 7.01. The average molecular weight is 256 g/mol. The Morgan fingerprint density at radius 2 is 2.06 bits per heavy atom. The third kappa shape index (κ3) is 5.68. The van der Waals surface area contributed by atoms with Gasteiger partial charge in [0.15, 0.2) is 0 Å².